The zero-order chi connectivity index (χ0) is 12.3. The zero-order valence-corrected chi connectivity index (χ0v) is 10.4. The summed E-state index contributed by atoms with van der Waals surface area (Å²) in [5.41, 5.74) is 0.979. The largest absolute Gasteiger partial charge is 0.378 e. The van der Waals surface area contributed by atoms with Gasteiger partial charge in [-0.2, -0.15) is 0 Å². The molecule has 1 aromatic rings. The molecule has 1 aromatic heterocycles. The van der Waals surface area contributed by atoms with E-state index in [0.29, 0.717) is 19.0 Å². The average Bonchev–Trinajstić information content (AvgIpc) is 2.29. The van der Waals surface area contributed by atoms with Crippen molar-refractivity contribution in [3.8, 4) is 0 Å². The van der Waals surface area contributed by atoms with E-state index >= 15 is 0 Å². The first-order valence-electron chi connectivity index (χ1n) is 5.31. The van der Waals surface area contributed by atoms with Gasteiger partial charge in [0.1, 0.15) is 5.82 Å². The van der Waals surface area contributed by atoms with Crippen molar-refractivity contribution >= 4 is 21.5 Å². The monoisotopic (exact) mass is 257 g/mol. The Morgan fingerprint density at radius 2 is 2.06 bits per heavy atom. The highest BCUT2D eigenvalue weighted by Gasteiger charge is 2.11. The SMILES string of the molecule is CS(=O)(=O)Nc1ccc(N2CCOCC2)cn1. The molecule has 0 aliphatic carbocycles. The summed E-state index contributed by atoms with van der Waals surface area (Å²) in [5, 5.41) is 0. The minimum atomic E-state index is -3.26. The van der Waals surface area contributed by atoms with Crippen LogP contribution in [0.1, 0.15) is 0 Å². The molecule has 0 atom stereocenters. The molecular weight excluding hydrogens is 242 g/mol. The maximum absolute atomic E-state index is 11.0. The Labute approximate surface area is 101 Å². The summed E-state index contributed by atoms with van der Waals surface area (Å²) in [6.07, 6.45) is 2.77. The van der Waals surface area contributed by atoms with Crippen LogP contribution in [0.3, 0.4) is 0 Å². The van der Waals surface area contributed by atoms with E-state index in [1.54, 1.807) is 12.3 Å². The van der Waals surface area contributed by atoms with Gasteiger partial charge < -0.3 is 9.64 Å². The van der Waals surface area contributed by atoms with E-state index in [1.807, 2.05) is 6.07 Å². The topological polar surface area (TPSA) is 71.5 Å². The van der Waals surface area contributed by atoms with Crippen molar-refractivity contribution in [3.63, 3.8) is 0 Å². The first-order chi connectivity index (χ1) is 8.04. The number of hydrogen-bond acceptors (Lipinski definition) is 5. The molecule has 6 nitrogen and oxygen atoms in total. The zero-order valence-electron chi connectivity index (χ0n) is 9.59. The van der Waals surface area contributed by atoms with Crippen LogP contribution in [0.5, 0.6) is 0 Å². The Bertz CT molecular complexity index is 466. The van der Waals surface area contributed by atoms with Crippen molar-refractivity contribution < 1.29 is 13.2 Å². The van der Waals surface area contributed by atoms with Crippen LogP contribution < -0.4 is 9.62 Å². The van der Waals surface area contributed by atoms with E-state index in [4.69, 9.17) is 4.74 Å². The number of morpholine rings is 1. The van der Waals surface area contributed by atoms with Gasteiger partial charge in [-0.05, 0) is 12.1 Å². The Balaban J connectivity index is 2.07. The number of rotatable bonds is 3. The van der Waals surface area contributed by atoms with Crippen LogP contribution in [0.2, 0.25) is 0 Å². The number of pyridine rings is 1. The fraction of sp³-hybridized carbons (Fsp3) is 0.500. The molecule has 2 heterocycles. The van der Waals surface area contributed by atoms with Crippen LogP contribution in [0, 0.1) is 0 Å². The van der Waals surface area contributed by atoms with Gasteiger partial charge >= 0.3 is 0 Å². The van der Waals surface area contributed by atoms with Crippen molar-refractivity contribution in [2.75, 3.05) is 42.2 Å². The smallest absolute Gasteiger partial charge is 0.230 e. The van der Waals surface area contributed by atoms with Crippen molar-refractivity contribution in [1.82, 2.24) is 4.98 Å². The Morgan fingerprint density at radius 1 is 1.35 bits per heavy atom. The summed E-state index contributed by atoms with van der Waals surface area (Å²) in [7, 11) is -3.26. The van der Waals surface area contributed by atoms with Crippen LogP contribution >= 0.6 is 0 Å². The summed E-state index contributed by atoms with van der Waals surface area (Å²) < 4.78 is 29.6. The highest BCUT2D eigenvalue weighted by atomic mass is 32.2. The number of nitrogens with one attached hydrogen (secondary N) is 1. The normalized spacial score (nSPS) is 16.9. The maximum atomic E-state index is 11.0. The van der Waals surface area contributed by atoms with Gasteiger partial charge in [-0.15, -0.1) is 0 Å². The highest BCUT2D eigenvalue weighted by molar-refractivity contribution is 7.92. The molecule has 0 spiro atoms. The molecule has 0 unspecified atom stereocenters. The number of hydrogen-bond donors (Lipinski definition) is 1. The predicted molar refractivity (Wildman–Crippen MR) is 65.7 cm³/mol. The van der Waals surface area contributed by atoms with Crippen LogP contribution in [0.25, 0.3) is 0 Å². The van der Waals surface area contributed by atoms with Gasteiger partial charge in [-0.1, -0.05) is 0 Å². The van der Waals surface area contributed by atoms with Crippen molar-refractivity contribution in [2.24, 2.45) is 0 Å². The molecule has 17 heavy (non-hydrogen) atoms. The maximum Gasteiger partial charge on any atom is 0.230 e. The molecule has 1 aliphatic rings. The van der Waals surface area contributed by atoms with Gasteiger partial charge in [0.25, 0.3) is 0 Å². The minimum Gasteiger partial charge on any atom is -0.378 e. The molecule has 0 saturated carbocycles. The van der Waals surface area contributed by atoms with Gasteiger partial charge in [-0.3, -0.25) is 4.72 Å². The first kappa shape index (κ1) is 12.1. The Hall–Kier alpha value is -1.34. The van der Waals surface area contributed by atoms with Gasteiger partial charge in [0.05, 0.1) is 31.4 Å². The molecule has 1 saturated heterocycles. The second-order valence-corrected chi connectivity index (χ2v) is 5.62. The summed E-state index contributed by atoms with van der Waals surface area (Å²) in [6.45, 7) is 3.09. The van der Waals surface area contributed by atoms with E-state index < -0.39 is 10.0 Å². The number of sulfonamides is 1. The van der Waals surface area contributed by atoms with E-state index in [9.17, 15) is 8.42 Å². The molecule has 0 radical (unpaired) electrons. The van der Waals surface area contributed by atoms with Crippen LogP contribution in [0.4, 0.5) is 11.5 Å². The molecule has 94 valence electrons. The molecule has 1 fully saturated rings. The summed E-state index contributed by atoms with van der Waals surface area (Å²) in [5.74, 6) is 0.338. The van der Waals surface area contributed by atoms with Crippen molar-refractivity contribution in [2.45, 2.75) is 0 Å². The number of ether oxygens (including phenoxy) is 1. The van der Waals surface area contributed by atoms with Crippen LogP contribution in [-0.4, -0.2) is 46.0 Å². The minimum absolute atomic E-state index is 0.338. The van der Waals surface area contributed by atoms with Crippen LogP contribution in [-0.2, 0) is 14.8 Å². The fourth-order valence-electron chi connectivity index (χ4n) is 1.64. The van der Waals surface area contributed by atoms with Gasteiger partial charge in [-0.25, -0.2) is 13.4 Å². The Morgan fingerprint density at radius 3 is 2.59 bits per heavy atom. The lowest BCUT2D eigenvalue weighted by molar-refractivity contribution is 0.122. The predicted octanol–water partition coefficient (Wildman–Crippen LogP) is 0.290. The highest BCUT2D eigenvalue weighted by Crippen LogP contribution is 2.16. The quantitative estimate of drug-likeness (QED) is 0.842. The lowest BCUT2D eigenvalue weighted by Crippen LogP contribution is -2.36. The molecule has 0 amide bonds. The fourth-order valence-corrected chi connectivity index (χ4v) is 2.15. The molecular formula is C10H15N3O3S. The van der Waals surface area contributed by atoms with E-state index in [-0.39, 0.29) is 0 Å². The van der Waals surface area contributed by atoms with E-state index in [1.165, 1.54) is 0 Å². The van der Waals surface area contributed by atoms with Crippen molar-refractivity contribution in [3.05, 3.63) is 18.3 Å². The van der Waals surface area contributed by atoms with Crippen molar-refractivity contribution in [1.29, 1.82) is 0 Å². The summed E-state index contributed by atoms with van der Waals surface area (Å²) in [6, 6.07) is 3.51. The standard InChI is InChI=1S/C10H15N3O3S/c1-17(14,15)12-10-3-2-9(8-11-10)13-4-6-16-7-5-13/h2-3,8H,4-7H2,1H3,(H,11,12). The molecule has 1 N–H and O–H groups in total. The van der Waals surface area contributed by atoms with Gasteiger partial charge in [0, 0.05) is 13.1 Å². The lowest BCUT2D eigenvalue weighted by atomic mass is 10.3. The average molecular weight is 257 g/mol. The third kappa shape index (κ3) is 3.57. The molecule has 1 aliphatic heterocycles. The molecule has 2 rings (SSSR count). The summed E-state index contributed by atoms with van der Waals surface area (Å²) in [4.78, 5) is 6.22. The third-order valence-corrected chi connectivity index (χ3v) is 2.99. The molecule has 7 heteroatoms. The number of aromatic nitrogens is 1. The second-order valence-electron chi connectivity index (χ2n) is 3.88. The lowest BCUT2D eigenvalue weighted by Gasteiger charge is -2.28. The van der Waals surface area contributed by atoms with E-state index in [0.717, 1.165) is 25.0 Å². The summed E-state index contributed by atoms with van der Waals surface area (Å²) >= 11 is 0. The first-order valence-corrected chi connectivity index (χ1v) is 7.20. The third-order valence-electron chi connectivity index (χ3n) is 2.41. The van der Waals surface area contributed by atoms with Crippen LogP contribution in [0.15, 0.2) is 18.3 Å². The number of anilines is 2. The van der Waals surface area contributed by atoms with Gasteiger partial charge in [0.2, 0.25) is 10.0 Å². The molecule has 0 bridgehead atoms. The number of nitrogens with zero attached hydrogens (tertiary/aromatic N) is 2. The Kier molecular flexibility index (Phi) is 3.49. The second kappa shape index (κ2) is 4.89. The molecule has 0 aromatic carbocycles. The van der Waals surface area contributed by atoms with Gasteiger partial charge in [0.15, 0.2) is 0 Å². The van der Waals surface area contributed by atoms with E-state index in [2.05, 4.69) is 14.6 Å².